The van der Waals surface area contributed by atoms with Gasteiger partial charge in [-0.1, -0.05) is 24.3 Å². The molecule has 0 fully saturated rings. The van der Waals surface area contributed by atoms with E-state index in [0.717, 1.165) is 4.68 Å². The van der Waals surface area contributed by atoms with Crippen LogP contribution in [-0.2, 0) is 0 Å². The van der Waals surface area contributed by atoms with Gasteiger partial charge in [-0.3, -0.25) is 15.0 Å². The fourth-order valence-corrected chi connectivity index (χ4v) is 3.36. The van der Waals surface area contributed by atoms with Gasteiger partial charge < -0.3 is 14.2 Å². The predicted octanol–water partition coefficient (Wildman–Crippen LogP) is 3.47. The Balaban J connectivity index is 1.93. The number of nitrogens with one attached hydrogen (secondary N) is 1. The summed E-state index contributed by atoms with van der Waals surface area (Å²) in [4.78, 5) is 31.1. The van der Waals surface area contributed by atoms with E-state index >= 15 is 0 Å². The summed E-state index contributed by atoms with van der Waals surface area (Å²) in [5.74, 6) is 1.14. The van der Waals surface area contributed by atoms with Crippen molar-refractivity contribution in [3.05, 3.63) is 82.6 Å². The van der Waals surface area contributed by atoms with Crippen LogP contribution in [0.2, 0.25) is 0 Å². The Hall–Kier alpha value is -4.33. The molecule has 3 aromatic carbocycles. The second-order valence-electron chi connectivity index (χ2n) is 6.84. The zero-order valence-corrected chi connectivity index (χ0v) is 17.8. The number of aromatic nitrogens is 2. The third kappa shape index (κ3) is 3.85. The Bertz CT molecular complexity index is 1340. The summed E-state index contributed by atoms with van der Waals surface area (Å²) in [5.41, 5.74) is 3.57. The molecule has 4 rings (SSSR count). The van der Waals surface area contributed by atoms with Crippen LogP contribution in [0.15, 0.2) is 71.5 Å². The molecule has 1 amide bonds. The van der Waals surface area contributed by atoms with Crippen molar-refractivity contribution in [2.45, 2.75) is 0 Å². The van der Waals surface area contributed by atoms with Gasteiger partial charge in [0.25, 0.3) is 11.5 Å². The van der Waals surface area contributed by atoms with Crippen LogP contribution in [0, 0.1) is 0 Å². The minimum Gasteiger partial charge on any atom is -0.497 e. The lowest BCUT2D eigenvalue weighted by Crippen LogP contribution is -2.35. The van der Waals surface area contributed by atoms with Crippen molar-refractivity contribution in [3.8, 4) is 28.6 Å². The number of benzene rings is 3. The van der Waals surface area contributed by atoms with E-state index < -0.39 is 11.5 Å². The predicted molar refractivity (Wildman–Crippen MR) is 121 cm³/mol. The van der Waals surface area contributed by atoms with Gasteiger partial charge in [-0.05, 0) is 36.4 Å². The van der Waals surface area contributed by atoms with E-state index in [9.17, 15) is 9.59 Å². The Morgan fingerprint density at radius 1 is 0.875 bits per heavy atom. The topological polar surface area (TPSA) is 91.7 Å². The van der Waals surface area contributed by atoms with E-state index in [0.29, 0.717) is 33.7 Å². The van der Waals surface area contributed by atoms with Crippen LogP contribution >= 0.6 is 0 Å². The number of carbonyl (C=O) groups excluding carboxylic acids is 1. The Kier molecular flexibility index (Phi) is 5.76. The van der Waals surface area contributed by atoms with Crippen molar-refractivity contribution >= 4 is 16.8 Å². The van der Waals surface area contributed by atoms with Gasteiger partial charge in [0.1, 0.15) is 17.2 Å². The standard InChI is InChI=1S/C24H21N3O5/c1-30-16-12-15(13-17(14-16)31-2)22-25-20-10-6-4-8-18(20)24(29)27(22)26-23(28)19-9-5-7-11-21(19)32-3/h4-14H,1-3H3,(H,26,28). The third-order valence-electron chi connectivity index (χ3n) is 4.95. The minimum absolute atomic E-state index is 0.231. The van der Waals surface area contributed by atoms with Gasteiger partial charge in [-0.25, -0.2) is 4.98 Å². The van der Waals surface area contributed by atoms with Gasteiger partial charge in [0.05, 0.1) is 37.8 Å². The van der Waals surface area contributed by atoms with Crippen molar-refractivity contribution in [2.75, 3.05) is 26.8 Å². The van der Waals surface area contributed by atoms with Crippen LogP contribution in [0.1, 0.15) is 10.4 Å². The highest BCUT2D eigenvalue weighted by Gasteiger charge is 2.19. The van der Waals surface area contributed by atoms with E-state index in [-0.39, 0.29) is 11.4 Å². The molecule has 1 aromatic heterocycles. The first-order chi connectivity index (χ1) is 15.5. The van der Waals surface area contributed by atoms with Crippen molar-refractivity contribution < 1.29 is 19.0 Å². The van der Waals surface area contributed by atoms with E-state index in [1.807, 2.05) is 0 Å². The molecule has 1 N–H and O–H groups in total. The van der Waals surface area contributed by atoms with Crippen molar-refractivity contribution in [1.29, 1.82) is 0 Å². The van der Waals surface area contributed by atoms with Crippen LogP contribution in [0.25, 0.3) is 22.3 Å². The highest BCUT2D eigenvalue weighted by Crippen LogP contribution is 2.29. The SMILES string of the molecule is COc1cc(OC)cc(-c2nc3ccccc3c(=O)n2NC(=O)c2ccccc2OC)c1. The molecule has 32 heavy (non-hydrogen) atoms. The molecule has 0 aliphatic carbocycles. The van der Waals surface area contributed by atoms with Gasteiger partial charge in [0, 0.05) is 11.6 Å². The van der Waals surface area contributed by atoms with Crippen LogP contribution in [-0.4, -0.2) is 36.9 Å². The number of hydrogen-bond acceptors (Lipinski definition) is 6. The largest absolute Gasteiger partial charge is 0.497 e. The zero-order chi connectivity index (χ0) is 22.7. The number of hydrogen-bond donors (Lipinski definition) is 1. The summed E-state index contributed by atoms with van der Waals surface area (Å²) >= 11 is 0. The normalized spacial score (nSPS) is 10.6. The first-order valence-electron chi connectivity index (χ1n) is 9.75. The Morgan fingerprint density at radius 3 is 2.22 bits per heavy atom. The summed E-state index contributed by atoms with van der Waals surface area (Å²) in [6.07, 6.45) is 0. The van der Waals surface area contributed by atoms with E-state index in [1.165, 1.54) is 21.3 Å². The smallest absolute Gasteiger partial charge is 0.280 e. The molecular weight excluding hydrogens is 410 g/mol. The van der Waals surface area contributed by atoms with Crippen molar-refractivity contribution in [1.82, 2.24) is 9.66 Å². The van der Waals surface area contributed by atoms with Gasteiger partial charge >= 0.3 is 0 Å². The molecule has 162 valence electrons. The second-order valence-corrected chi connectivity index (χ2v) is 6.84. The van der Waals surface area contributed by atoms with Crippen molar-refractivity contribution in [3.63, 3.8) is 0 Å². The van der Waals surface area contributed by atoms with E-state index in [4.69, 9.17) is 14.2 Å². The molecule has 0 bridgehead atoms. The average Bonchev–Trinajstić information content (AvgIpc) is 2.85. The first kappa shape index (κ1) is 20.9. The lowest BCUT2D eigenvalue weighted by Gasteiger charge is -2.16. The van der Waals surface area contributed by atoms with Gasteiger partial charge in [0.2, 0.25) is 0 Å². The lowest BCUT2D eigenvalue weighted by molar-refractivity contribution is 0.100. The molecular formula is C24H21N3O5. The molecule has 0 saturated carbocycles. The number of carbonyl (C=O) groups is 1. The second kappa shape index (κ2) is 8.81. The summed E-state index contributed by atoms with van der Waals surface area (Å²) < 4.78 is 17.1. The average molecular weight is 431 g/mol. The maximum atomic E-state index is 13.4. The number of amides is 1. The van der Waals surface area contributed by atoms with Crippen molar-refractivity contribution in [2.24, 2.45) is 0 Å². The summed E-state index contributed by atoms with van der Waals surface area (Å²) in [5, 5.41) is 0.367. The van der Waals surface area contributed by atoms with Crippen LogP contribution < -0.4 is 25.2 Å². The molecule has 8 heteroatoms. The summed E-state index contributed by atoms with van der Waals surface area (Å²) in [6, 6.07) is 18.8. The zero-order valence-electron chi connectivity index (χ0n) is 17.8. The third-order valence-corrected chi connectivity index (χ3v) is 4.95. The molecule has 8 nitrogen and oxygen atoms in total. The Morgan fingerprint density at radius 2 is 1.53 bits per heavy atom. The number of nitrogens with zero attached hydrogens (tertiary/aromatic N) is 2. The quantitative estimate of drug-likeness (QED) is 0.503. The maximum Gasteiger partial charge on any atom is 0.280 e. The molecule has 4 aromatic rings. The fourth-order valence-electron chi connectivity index (χ4n) is 3.36. The highest BCUT2D eigenvalue weighted by atomic mass is 16.5. The van der Waals surface area contributed by atoms with Gasteiger partial charge in [-0.2, -0.15) is 4.68 Å². The molecule has 0 radical (unpaired) electrons. The van der Waals surface area contributed by atoms with Gasteiger partial charge in [0.15, 0.2) is 5.82 Å². The van der Waals surface area contributed by atoms with E-state index in [2.05, 4.69) is 10.4 Å². The Labute approximate surface area is 184 Å². The number of rotatable bonds is 6. The molecule has 0 saturated heterocycles. The van der Waals surface area contributed by atoms with E-state index in [1.54, 1.807) is 66.7 Å². The summed E-state index contributed by atoms with van der Waals surface area (Å²) in [6.45, 7) is 0. The molecule has 0 aliphatic heterocycles. The molecule has 0 atom stereocenters. The lowest BCUT2D eigenvalue weighted by atomic mass is 10.1. The van der Waals surface area contributed by atoms with Crippen LogP contribution in [0.3, 0.4) is 0 Å². The van der Waals surface area contributed by atoms with Crippen LogP contribution in [0.5, 0.6) is 17.2 Å². The maximum absolute atomic E-state index is 13.4. The molecule has 1 heterocycles. The molecule has 0 spiro atoms. The number of methoxy groups -OCH3 is 3. The molecule has 0 aliphatic rings. The fraction of sp³-hybridized carbons (Fsp3) is 0.125. The number of fused-ring (bicyclic) bond motifs is 1. The summed E-state index contributed by atoms with van der Waals surface area (Å²) in [7, 11) is 4.54. The van der Waals surface area contributed by atoms with Gasteiger partial charge in [-0.15, -0.1) is 0 Å². The monoisotopic (exact) mass is 431 g/mol. The highest BCUT2D eigenvalue weighted by molar-refractivity contribution is 6.02. The number of para-hydroxylation sites is 2. The first-order valence-corrected chi connectivity index (χ1v) is 9.75. The van der Waals surface area contributed by atoms with Crippen LogP contribution in [0.4, 0.5) is 0 Å². The number of ether oxygens (including phenoxy) is 3. The molecule has 0 unspecified atom stereocenters. The minimum atomic E-state index is -0.516.